The van der Waals surface area contributed by atoms with Gasteiger partial charge in [0.15, 0.2) is 11.5 Å². The van der Waals surface area contributed by atoms with Crippen LogP contribution in [0.15, 0.2) is 67.1 Å². The summed E-state index contributed by atoms with van der Waals surface area (Å²) in [7, 11) is 0. The largest absolute Gasteiger partial charge is 0.324 e. The Morgan fingerprint density at radius 2 is 1.80 bits per heavy atom. The van der Waals surface area contributed by atoms with Gasteiger partial charge in [0.1, 0.15) is 22.8 Å². The summed E-state index contributed by atoms with van der Waals surface area (Å²) in [5, 5.41) is 10.8. The van der Waals surface area contributed by atoms with E-state index in [2.05, 4.69) is 30.5 Å². The molecule has 0 atom stereocenters. The predicted molar refractivity (Wildman–Crippen MR) is 148 cm³/mol. The second-order valence-electron chi connectivity index (χ2n) is 10.0. The maximum absolute atomic E-state index is 15.3. The zero-order chi connectivity index (χ0) is 27.2. The summed E-state index contributed by atoms with van der Waals surface area (Å²) in [6.45, 7) is 0. The van der Waals surface area contributed by atoms with Gasteiger partial charge >= 0.3 is 0 Å². The molecule has 8 nitrogen and oxygen atoms in total. The van der Waals surface area contributed by atoms with Gasteiger partial charge in [0.25, 0.3) is 0 Å². The van der Waals surface area contributed by atoms with Gasteiger partial charge in [-0.15, -0.1) is 0 Å². The first-order valence-electron chi connectivity index (χ1n) is 13.1. The molecule has 1 saturated carbocycles. The number of aromatic amines is 2. The van der Waals surface area contributed by atoms with E-state index in [9.17, 15) is 9.18 Å². The molecule has 0 unspecified atom stereocenters. The lowest BCUT2D eigenvalue weighted by molar-refractivity contribution is -0.119. The monoisotopic (exact) mass is 535 g/mol. The lowest BCUT2D eigenvalue weighted by atomic mass is 10.0. The summed E-state index contributed by atoms with van der Waals surface area (Å²) in [5.41, 5.74) is 4.27. The van der Waals surface area contributed by atoms with Gasteiger partial charge in [-0.1, -0.05) is 31.0 Å². The van der Waals surface area contributed by atoms with Crippen LogP contribution in [0.25, 0.3) is 55.8 Å². The third-order valence-electron chi connectivity index (χ3n) is 7.47. The predicted octanol–water partition coefficient (Wildman–Crippen LogP) is 6.64. The van der Waals surface area contributed by atoms with E-state index in [1.165, 1.54) is 12.1 Å². The number of fused-ring (bicyclic) bond motifs is 2. The van der Waals surface area contributed by atoms with Crippen LogP contribution < -0.4 is 5.32 Å². The number of rotatable bonds is 5. The molecule has 3 N–H and O–H groups in total. The molecule has 10 heteroatoms. The van der Waals surface area contributed by atoms with Gasteiger partial charge in [-0.2, -0.15) is 5.10 Å². The number of pyridine rings is 2. The Labute approximate surface area is 226 Å². The van der Waals surface area contributed by atoms with Crippen LogP contribution in [0.3, 0.4) is 0 Å². The molecule has 0 saturated heterocycles. The van der Waals surface area contributed by atoms with Gasteiger partial charge in [0.05, 0.1) is 17.4 Å². The number of hydrogen-bond acceptors (Lipinski definition) is 5. The normalized spacial score (nSPS) is 13.8. The minimum absolute atomic E-state index is 0.00225. The molecule has 1 fully saturated rings. The molecular weight excluding hydrogens is 512 g/mol. The minimum Gasteiger partial charge on any atom is -0.324 e. The Morgan fingerprint density at radius 3 is 2.65 bits per heavy atom. The molecular formula is C30H23F2N7O. The molecule has 6 aromatic rings. The number of benzene rings is 2. The Kier molecular flexibility index (Phi) is 5.80. The van der Waals surface area contributed by atoms with Gasteiger partial charge in [-0.25, -0.2) is 18.7 Å². The zero-order valence-electron chi connectivity index (χ0n) is 21.2. The lowest BCUT2D eigenvalue weighted by Crippen LogP contribution is -2.20. The number of anilines is 1. The van der Waals surface area contributed by atoms with Crippen LogP contribution in [0.2, 0.25) is 0 Å². The van der Waals surface area contributed by atoms with Crippen molar-refractivity contribution in [1.82, 2.24) is 30.1 Å². The molecule has 0 radical (unpaired) electrons. The standard InChI is InChI=1S/C30H23F2N7O/c31-23-8-4-3-7-19(23)20-9-10-34-28-26(20)36-29(37-28)27-22-12-21(24(32)13-25(22)38-39-27)17-11-18(15-33-14-17)35-30(40)16-5-1-2-6-16/h3-4,7-16H,1-2,5-6H2,(H,35,40)(H,38,39)(H,34,36,37). The SMILES string of the molecule is O=C(Nc1cncc(-c2cc3c(-c4nc5c(-c6ccccc6F)ccnc5[nH]4)n[nH]c3cc2F)c1)C1CCCC1. The van der Waals surface area contributed by atoms with Gasteiger partial charge in [-0.05, 0) is 37.1 Å². The third-order valence-corrected chi connectivity index (χ3v) is 7.47. The summed E-state index contributed by atoms with van der Waals surface area (Å²) >= 11 is 0. The molecule has 1 amide bonds. The van der Waals surface area contributed by atoms with Crippen LogP contribution in [-0.2, 0) is 4.79 Å². The summed E-state index contributed by atoms with van der Waals surface area (Å²) in [6, 6.07) is 13.0. The fraction of sp³-hybridized carbons (Fsp3) is 0.167. The van der Waals surface area contributed by atoms with E-state index < -0.39 is 5.82 Å². The maximum atomic E-state index is 15.3. The van der Waals surface area contributed by atoms with Crippen molar-refractivity contribution in [3.63, 3.8) is 0 Å². The minimum atomic E-state index is -0.461. The summed E-state index contributed by atoms with van der Waals surface area (Å²) < 4.78 is 29.8. The Hall–Kier alpha value is -4.99. The van der Waals surface area contributed by atoms with E-state index in [1.54, 1.807) is 55.0 Å². The van der Waals surface area contributed by atoms with Gasteiger partial charge < -0.3 is 10.3 Å². The molecule has 2 aromatic carbocycles. The van der Waals surface area contributed by atoms with Gasteiger partial charge in [-0.3, -0.25) is 14.9 Å². The number of nitrogens with zero attached hydrogens (tertiary/aromatic N) is 4. The van der Waals surface area contributed by atoms with Crippen molar-refractivity contribution in [2.75, 3.05) is 5.32 Å². The molecule has 1 aliphatic rings. The number of hydrogen-bond donors (Lipinski definition) is 3. The zero-order valence-corrected chi connectivity index (χ0v) is 21.2. The molecule has 40 heavy (non-hydrogen) atoms. The number of halogens is 2. The average molecular weight is 536 g/mol. The molecule has 0 bridgehead atoms. The van der Waals surface area contributed by atoms with E-state index in [0.29, 0.717) is 61.5 Å². The van der Waals surface area contributed by atoms with Crippen LogP contribution in [0.5, 0.6) is 0 Å². The van der Waals surface area contributed by atoms with E-state index in [4.69, 9.17) is 4.98 Å². The Morgan fingerprint density at radius 1 is 0.950 bits per heavy atom. The topological polar surface area (TPSA) is 112 Å². The van der Waals surface area contributed by atoms with E-state index >= 15 is 4.39 Å². The number of amides is 1. The average Bonchev–Trinajstić information content (AvgIpc) is 3.72. The molecule has 198 valence electrons. The molecule has 0 aliphatic heterocycles. The smallest absolute Gasteiger partial charge is 0.227 e. The van der Waals surface area contributed by atoms with Crippen molar-refractivity contribution in [2.45, 2.75) is 25.7 Å². The highest BCUT2D eigenvalue weighted by Gasteiger charge is 2.23. The van der Waals surface area contributed by atoms with Gasteiger partial charge in [0.2, 0.25) is 5.91 Å². The van der Waals surface area contributed by atoms with Crippen molar-refractivity contribution in [3.8, 4) is 33.8 Å². The van der Waals surface area contributed by atoms with Crippen LogP contribution in [0, 0.1) is 17.6 Å². The number of imidazole rings is 1. The number of H-pyrrole nitrogens is 2. The molecule has 1 aliphatic carbocycles. The van der Waals surface area contributed by atoms with Gasteiger partial charge in [0, 0.05) is 52.0 Å². The fourth-order valence-corrected chi connectivity index (χ4v) is 5.45. The van der Waals surface area contributed by atoms with Crippen LogP contribution in [-0.4, -0.2) is 36.0 Å². The highest BCUT2D eigenvalue weighted by molar-refractivity contribution is 5.98. The van der Waals surface area contributed by atoms with Crippen molar-refractivity contribution < 1.29 is 13.6 Å². The van der Waals surface area contributed by atoms with Crippen LogP contribution >= 0.6 is 0 Å². The number of carbonyl (C=O) groups is 1. The Bertz CT molecular complexity index is 1910. The first-order chi connectivity index (χ1) is 19.5. The first kappa shape index (κ1) is 24.1. The van der Waals surface area contributed by atoms with E-state index in [0.717, 1.165) is 25.7 Å². The summed E-state index contributed by atoms with van der Waals surface area (Å²) in [6.07, 6.45) is 8.58. The number of aromatic nitrogens is 6. The summed E-state index contributed by atoms with van der Waals surface area (Å²) in [5.74, 6) is -0.442. The van der Waals surface area contributed by atoms with Crippen molar-refractivity contribution >= 4 is 33.7 Å². The Balaban J connectivity index is 1.28. The highest BCUT2D eigenvalue weighted by Crippen LogP contribution is 2.35. The third kappa shape index (κ3) is 4.17. The number of nitrogens with one attached hydrogen (secondary N) is 3. The first-order valence-corrected chi connectivity index (χ1v) is 13.1. The number of carbonyl (C=O) groups excluding carboxylic acids is 1. The van der Waals surface area contributed by atoms with Crippen molar-refractivity contribution in [1.29, 1.82) is 0 Å². The van der Waals surface area contributed by atoms with E-state index in [1.807, 2.05) is 0 Å². The van der Waals surface area contributed by atoms with Crippen molar-refractivity contribution in [2.24, 2.45) is 5.92 Å². The molecule has 7 rings (SSSR count). The second kappa shape index (κ2) is 9.64. The van der Waals surface area contributed by atoms with Crippen LogP contribution in [0.4, 0.5) is 14.5 Å². The lowest BCUT2D eigenvalue weighted by Gasteiger charge is -2.11. The molecule has 0 spiro atoms. The fourth-order valence-electron chi connectivity index (χ4n) is 5.45. The highest BCUT2D eigenvalue weighted by atomic mass is 19.1. The van der Waals surface area contributed by atoms with Crippen molar-refractivity contribution in [3.05, 3.63) is 78.8 Å². The maximum Gasteiger partial charge on any atom is 0.227 e. The summed E-state index contributed by atoms with van der Waals surface area (Å²) in [4.78, 5) is 29.1. The molecule has 4 heterocycles. The van der Waals surface area contributed by atoms with Crippen LogP contribution in [0.1, 0.15) is 25.7 Å². The second-order valence-corrected chi connectivity index (χ2v) is 10.0. The van der Waals surface area contributed by atoms with E-state index in [-0.39, 0.29) is 17.6 Å². The quantitative estimate of drug-likeness (QED) is 0.229. The molecule has 4 aromatic heterocycles.